The van der Waals surface area contributed by atoms with Gasteiger partial charge in [-0.05, 0) is 60.6 Å². The highest BCUT2D eigenvalue weighted by Crippen LogP contribution is 2.46. The molecule has 258 valence electrons. The number of ether oxygens (including phenoxy) is 3. The van der Waals surface area contributed by atoms with E-state index in [1.165, 1.54) is 18.7 Å². The van der Waals surface area contributed by atoms with Crippen LogP contribution in [0.25, 0.3) is 0 Å². The van der Waals surface area contributed by atoms with Crippen molar-refractivity contribution in [1.82, 2.24) is 15.6 Å². The number of likely N-dealkylation sites (N-methyl/N-ethyl adjacent to an activating group) is 1. The zero-order valence-corrected chi connectivity index (χ0v) is 29.0. The van der Waals surface area contributed by atoms with E-state index >= 15 is 0 Å². The molecule has 3 aromatic rings. The zero-order valence-electron chi connectivity index (χ0n) is 27.4. The highest BCUT2D eigenvalue weighted by Gasteiger charge is 2.40. The summed E-state index contributed by atoms with van der Waals surface area (Å²) in [5, 5.41) is 6.78. The van der Waals surface area contributed by atoms with E-state index in [4.69, 9.17) is 25.8 Å². The third kappa shape index (κ3) is 9.31. The van der Waals surface area contributed by atoms with E-state index in [1.807, 2.05) is 60.5 Å². The van der Waals surface area contributed by atoms with Crippen molar-refractivity contribution >= 4 is 58.5 Å². The number of benzene rings is 3. The first-order valence-electron chi connectivity index (χ1n) is 15.7. The lowest BCUT2D eigenvalue weighted by atomic mass is 10.0. The maximum absolute atomic E-state index is 14.1. The lowest BCUT2D eigenvalue weighted by Crippen LogP contribution is -2.46. The fourth-order valence-corrected chi connectivity index (χ4v) is 6.93. The summed E-state index contributed by atoms with van der Waals surface area (Å²) in [6.45, 7) is 2.79. The number of hydrogen-bond acceptors (Lipinski definition) is 10. The van der Waals surface area contributed by atoms with Crippen molar-refractivity contribution in [3.63, 3.8) is 0 Å². The Bertz CT molecular complexity index is 1720. The van der Waals surface area contributed by atoms with Crippen LogP contribution in [0.1, 0.15) is 36.1 Å². The molecule has 2 heterocycles. The van der Waals surface area contributed by atoms with Gasteiger partial charge in [0.25, 0.3) is 11.8 Å². The number of halogens is 1. The number of thioether (sulfide) groups is 1. The van der Waals surface area contributed by atoms with Crippen LogP contribution >= 0.6 is 23.4 Å². The molecule has 0 bridgehead atoms. The molecule has 0 aliphatic carbocycles. The molecule has 2 aliphatic heterocycles. The minimum absolute atomic E-state index is 0.127. The molecule has 0 radical (unpaired) electrons. The summed E-state index contributed by atoms with van der Waals surface area (Å²) in [6.07, 6.45) is -0.170. The van der Waals surface area contributed by atoms with Crippen LogP contribution in [0.5, 0.6) is 11.5 Å². The average molecular weight is 708 g/mol. The van der Waals surface area contributed by atoms with Crippen LogP contribution in [-0.2, 0) is 23.9 Å². The van der Waals surface area contributed by atoms with Crippen LogP contribution < -0.4 is 25.1 Å². The first kappa shape index (κ1) is 35.7. The van der Waals surface area contributed by atoms with Crippen LogP contribution in [0.3, 0.4) is 0 Å². The molecule has 0 fully saturated rings. The number of nitrogens with one attached hydrogen (secondary N) is 2. The van der Waals surface area contributed by atoms with Crippen molar-refractivity contribution in [3.8, 4) is 11.5 Å². The fourth-order valence-electron chi connectivity index (χ4n) is 5.38. The molecular formula is C35H38ClN5O7S. The Morgan fingerprint density at radius 1 is 1.08 bits per heavy atom. The van der Waals surface area contributed by atoms with Gasteiger partial charge in [0.15, 0.2) is 12.7 Å². The molecule has 14 heteroatoms. The summed E-state index contributed by atoms with van der Waals surface area (Å²) in [5.74, 6) is -0.234. The van der Waals surface area contributed by atoms with Crippen molar-refractivity contribution < 1.29 is 33.4 Å². The van der Waals surface area contributed by atoms with Gasteiger partial charge in [-0.3, -0.25) is 19.2 Å². The Morgan fingerprint density at radius 2 is 1.86 bits per heavy atom. The number of nitrogens with zero attached hydrogens (tertiary/aromatic N) is 3. The van der Waals surface area contributed by atoms with Gasteiger partial charge in [-0.1, -0.05) is 35.9 Å². The largest absolute Gasteiger partial charge is 0.497 e. The van der Waals surface area contributed by atoms with Gasteiger partial charge >= 0.3 is 5.97 Å². The normalized spacial score (nSPS) is 17.4. The predicted molar refractivity (Wildman–Crippen MR) is 187 cm³/mol. The Kier molecular flexibility index (Phi) is 12.2. The number of esters is 1. The number of amides is 3. The summed E-state index contributed by atoms with van der Waals surface area (Å²) in [4.78, 5) is 54.7. The zero-order chi connectivity index (χ0) is 34.9. The van der Waals surface area contributed by atoms with E-state index in [0.717, 1.165) is 27.4 Å². The van der Waals surface area contributed by atoms with Crippen molar-refractivity contribution in [2.24, 2.45) is 5.10 Å². The highest BCUT2D eigenvalue weighted by molar-refractivity contribution is 7.99. The number of methoxy groups -OCH3 is 1. The monoisotopic (exact) mass is 707 g/mol. The number of fused-ring (bicyclic) bond motifs is 1. The first-order chi connectivity index (χ1) is 23.6. The van der Waals surface area contributed by atoms with Gasteiger partial charge in [-0.2, -0.15) is 5.10 Å². The summed E-state index contributed by atoms with van der Waals surface area (Å²) < 4.78 is 16.6. The summed E-state index contributed by atoms with van der Waals surface area (Å²) >= 11 is 7.86. The van der Waals surface area contributed by atoms with E-state index in [9.17, 15) is 19.2 Å². The Balaban J connectivity index is 1.15. The second kappa shape index (κ2) is 16.7. The van der Waals surface area contributed by atoms with E-state index in [2.05, 4.69) is 15.8 Å². The number of rotatable bonds is 13. The third-order valence-electron chi connectivity index (χ3n) is 7.98. The Morgan fingerprint density at radius 3 is 2.55 bits per heavy atom. The maximum atomic E-state index is 14.1. The second-order valence-corrected chi connectivity index (χ2v) is 13.1. The number of carbonyl (C=O) groups is 4. The number of para-hydroxylation sites is 1. The first-order valence-corrected chi connectivity index (χ1v) is 17.0. The molecule has 0 saturated heterocycles. The van der Waals surface area contributed by atoms with Crippen LogP contribution in [0.15, 0.2) is 76.7 Å². The molecule has 3 amide bonds. The molecule has 3 aromatic carbocycles. The van der Waals surface area contributed by atoms with E-state index in [-0.39, 0.29) is 24.3 Å². The minimum Gasteiger partial charge on any atom is -0.497 e. The summed E-state index contributed by atoms with van der Waals surface area (Å²) in [5.41, 5.74) is 5.54. The average Bonchev–Trinajstić information content (AvgIpc) is 3.20. The molecule has 0 spiro atoms. The molecule has 0 saturated carbocycles. The number of hydrazone groups is 1. The second-order valence-electron chi connectivity index (χ2n) is 11.5. The van der Waals surface area contributed by atoms with Gasteiger partial charge in [0.2, 0.25) is 5.91 Å². The Labute approximate surface area is 294 Å². The minimum atomic E-state index is -1.04. The lowest BCUT2D eigenvalue weighted by Gasteiger charge is -2.29. The topological polar surface area (TPSA) is 139 Å². The van der Waals surface area contributed by atoms with E-state index in [1.54, 1.807) is 30.2 Å². The number of anilines is 1. The van der Waals surface area contributed by atoms with Crippen LogP contribution in [0.4, 0.5) is 5.69 Å². The summed E-state index contributed by atoms with van der Waals surface area (Å²) in [6, 6.07) is 20.2. The fraction of sp³-hybridized carbons (Fsp3) is 0.343. The van der Waals surface area contributed by atoms with Gasteiger partial charge in [0.1, 0.15) is 11.5 Å². The molecule has 2 aliphatic rings. The number of carbonyl (C=O) groups excluding carboxylic acids is 4. The molecule has 12 nitrogen and oxygen atoms in total. The number of hydrogen-bond donors (Lipinski definition) is 2. The van der Waals surface area contributed by atoms with Crippen LogP contribution in [0.2, 0.25) is 5.02 Å². The SMILES string of the molecule is COc1ccc([C@@H]2Sc3ccccc3N(CCN(C)CCNC(=O)COc3ccc(C4=NNC(=O)CC4)cc3Cl)C(=O)[C@@H]2OC(C)=O)cc1. The van der Waals surface area contributed by atoms with E-state index in [0.29, 0.717) is 55.5 Å². The third-order valence-corrected chi connectivity index (χ3v) is 9.65. The van der Waals surface area contributed by atoms with Gasteiger partial charge in [-0.25, -0.2) is 5.43 Å². The van der Waals surface area contributed by atoms with Gasteiger partial charge in [0, 0.05) is 50.8 Å². The van der Waals surface area contributed by atoms with Gasteiger partial charge in [0.05, 0.1) is 28.8 Å². The van der Waals surface area contributed by atoms with Gasteiger partial charge in [-0.15, -0.1) is 11.8 Å². The molecule has 49 heavy (non-hydrogen) atoms. The summed E-state index contributed by atoms with van der Waals surface area (Å²) in [7, 11) is 3.49. The van der Waals surface area contributed by atoms with Gasteiger partial charge < -0.3 is 29.3 Å². The molecule has 2 atom stereocenters. The van der Waals surface area contributed by atoms with Crippen molar-refractivity contribution in [3.05, 3.63) is 82.9 Å². The standard InChI is InChI=1S/C35H38ClN5O7S/c1-22(42)48-33-34(23-8-11-25(46-3)12-9-23)49-30-7-5-4-6-28(30)41(35(33)45)19-18-40(2)17-16-37-32(44)21-47-29-14-10-24(20-26(29)36)27-13-15-31(43)39-38-27/h4-12,14,20,33-34H,13,15-19,21H2,1-3H3,(H,37,44)(H,39,43)/t33-,34+/m1/s1. The van der Waals surface area contributed by atoms with Crippen LogP contribution in [-0.4, -0.2) is 87.3 Å². The lowest BCUT2D eigenvalue weighted by molar-refractivity contribution is -0.152. The molecular weight excluding hydrogens is 670 g/mol. The molecule has 2 N–H and O–H groups in total. The van der Waals surface area contributed by atoms with Crippen molar-refractivity contribution in [2.75, 3.05) is 51.8 Å². The Hall–Kier alpha value is -4.59. The molecule has 0 unspecified atom stereocenters. The maximum Gasteiger partial charge on any atom is 0.303 e. The van der Waals surface area contributed by atoms with E-state index < -0.39 is 17.3 Å². The molecule has 0 aromatic heterocycles. The molecule has 5 rings (SSSR count). The smallest absolute Gasteiger partial charge is 0.303 e. The van der Waals surface area contributed by atoms with Crippen molar-refractivity contribution in [2.45, 2.75) is 36.0 Å². The van der Waals surface area contributed by atoms with Crippen molar-refractivity contribution in [1.29, 1.82) is 0 Å². The quantitative estimate of drug-likeness (QED) is 0.250. The predicted octanol–water partition coefficient (Wildman–Crippen LogP) is 4.20. The highest BCUT2D eigenvalue weighted by atomic mass is 35.5. The van der Waals surface area contributed by atoms with Crippen LogP contribution in [0, 0.1) is 0 Å².